The minimum absolute atomic E-state index is 0.332. The molecule has 0 radical (unpaired) electrons. The smallest absolute Gasteiger partial charge is 0.118 e. The average Bonchev–Trinajstić information content (AvgIpc) is 2.64. The van der Waals surface area contributed by atoms with Gasteiger partial charge in [0.2, 0.25) is 0 Å². The molecule has 0 aromatic heterocycles. The first-order valence-electron chi connectivity index (χ1n) is 8.21. The Morgan fingerprint density at radius 3 is 1.67 bits per heavy atom. The Balaban J connectivity index is 1.77. The Hall–Kier alpha value is -2.04. The van der Waals surface area contributed by atoms with Crippen molar-refractivity contribution in [3.05, 3.63) is 59.7 Å². The third-order valence-electron chi connectivity index (χ3n) is 4.37. The molecule has 0 unspecified atom stereocenters. The van der Waals surface area contributed by atoms with Crippen LogP contribution in [0.15, 0.2) is 48.5 Å². The van der Waals surface area contributed by atoms with Crippen LogP contribution in [0.1, 0.15) is 11.1 Å². The first-order valence-corrected chi connectivity index (χ1v) is 8.21. The van der Waals surface area contributed by atoms with Gasteiger partial charge in [-0.1, -0.05) is 24.3 Å². The Labute approximate surface area is 143 Å². The molecule has 0 aliphatic carbocycles. The number of ether oxygens (including phenoxy) is 4. The molecule has 1 aliphatic rings. The summed E-state index contributed by atoms with van der Waals surface area (Å²) in [5.74, 6) is 1.73. The molecular formula is C20H24O4. The number of hydrogen-bond donors (Lipinski definition) is 0. The zero-order valence-corrected chi connectivity index (χ0v) is 14.3. The molecule has 2 aromatic carbocycles. The maximum atomic E-state index is 6.20. The van der Waals surface area contributed by atoms with E-state index in [2.05, 4.69) is 24.3 Å². The van der Waals surface area contributed by atoms with E-state index in [-0.39, 0.29) is 5.60 Å². The predicted molar refractivity (Wildman–Crippen MR) is 92.9 cm³/mol. The zero-order valence-electron chi connectivity index (χ0n) is 14.3. The Bertz CT molecular complexity index is 576. The van der Waals surface area contributed by atoms with Crippen molar-refractivity contribution in [2.24, 2.45) is 0 Å². The lowest BCUT2D eigenvalue weighted by Crippen LogP contribution is -2.47. The van der Waals surface area contributed by atoms with Gasteiger partial charge in [0, 0.05) is 12.8 Å². The fraction of sp³-hybridized carbons (Fsp3) is 0.400. The van der Waals surface area contributed by atoms with Crippen molar-refractivity contribution in [1.29, 1.82) is 0 Å². The maximum Gasteiger partial charge on any atom is 0.118 e. The predicted octanol–water partition coefficient (Wildman–Crippen LogP) is 3.27. The second-order valence-electron chi connectivity index (χ2n) is 6.13. The van der Waals surface area contributed by atoms with E-state index in [1.165, 1.54) is 11.1 Å². The van der Waals surface area contributed by atoms with Crippen molar-refractivity contribution in [2.45, 2.75) is 18.4 Å². The van der Waals surface area contributed by atoms with E-state index >= 15 is 0 Å². The van der Waals surface area contributed by atoms with Gasteiger partial charge in [0.05, 0.1) is 39.6 Å². The highest BCUT2D eigenvalue weighted by Crippen LogP contribution is 2.28. The van der Waals surface area contributed by atoms with Crippen molar-refractivity contribution in [3.8, 4) is 11.5 Å². The molecule has 0 amide bonds. The normalized spacial score (nSPS) is 16.6. The van der Waals surface area contributed by atoms with Gasteiger partial charge in [-0.2, -0.15) is 0 Å². The second-order valence-corrected chi connectivity index (χ2v) is 6.13. The van der Waals surface area contributed by atoms with Crippen LogP contribution < -0.4 is 9.47 Å². The van der Waals surface area contributed by atoms with E-state index in [4.69, 9.17) is 18.9 Å². The van der Waals surface area contributed by atoms with E-state index in [0.717, 1.165) is 24.3 Å². The van der Waals surface area contributed by atoms with E-state index in [1.807, 2.05) is 24.3 Å². The third-order valence-corrected chi connectivity index (χ3v) is 4.37. The highest BCUT2D eigenvalue weighted by Gasteiger charge is 2.34. The highest BCUT2D eigenvalue weighted by molar-refractivity contribution is 5.31. The van der Waals surface area contributed by atoms with Gasteiger partial charge < -0.3 is 18.9 Å². The van der Waals surface area contributed by atoms with Crippen LogP contribution in [0, 0.1) is 0 Å². The summed E-state index contributed by atoms with van der Waals surface area (Å²) in [4.78, 5) is 0. The molecular weight excluding hydrogens is 304 g/mol. The molecule has 0 saturated carbocycles. The number of rotatable bonds is 6. The lowest BCUT2D eigenvalue weighted by molar-refractivity contribution is -0.156. The van der Waals surface area contributed by atoms with Gasteiger partial charge in [0.1, 0.15) is 11.5 Å². The van der Waals surface area contributed by atoms with Gasteiger partial charge in [-0.3, -0.25) is 0 Å². The van der Waals surface area contributed by atoms with E-state index < -0.39 is 0 Å². The molecule has 4 nitrogen and oxygen atoms in total. The van der Waals surface area contributed by atoms with Crippen molar-refractivity contribution < 1.29 is 18.9 Å². The second kappa shape index (κ2) is 7.69. The summed E-state index contributed by atoms with van der Waals surface area (Å²) in [7, 11) is 3.36. The molecule has 0 bridgehead atoms. The standard InChI is InChI=1S/C20H24O4/c1-21-18-7-3-16(4-8-18)13-20(15-23-11-12-24-20)14-17-5-9-19(22-2)10-6-17/h3-10H,11-15H2,1-2H3. The summed E-state index contributed by atoms with van der Waals surface area (Å²) in [6, 6.07) is 16.3. The van der Waals surface area contributed by atoms with E-state index in [1.54, 1.807) is 14.2 Å². The van der Waals surface area contributed by atoms with Gasteiger partial charge in [0.15, 0.2) is 0 Å². The molecule has 24 heavy (non-hydrogen) atoms. The SMILES string of the molecule is COc1ccc(CC2(Cc3ccc(OC)cc3)COCCO2)cc1. The minimum atomic E-state index is -0.332. The van der Waals surface area contributed by atoms with Gasteiger partial charge in [-0.15, -0.1) is 0 Å². The number of benzene rings is 2. The fourth-order valence-electron chi connectivity index (χ4n) is 3.11. The van der Waals surface area contributed by atoms with Crippen LogP contribution in [0.4, 0.5) is 0 Å². The third kappa shape index (κ3) is 4.08. The van der Waals surface area contributed by atoms with Crippen LogP contribution in [0.5, 0.6) is 11.5 Å². The molecule has 1 heterocycles. The topological polar surface area (TPSA) is 36.9 Å². The summed E-state index contributed by atoms with van der Waals surface area (Å²) in [5.41, 5.74) is 2.10. The van der Waals surface area contributed by atoms with Gasteiger partial charge in [-0.05, 0) is 35.4 Å². The molecule has 0 N–H and O–H groups in total. The van der Waals surface area contributed by atoms with Crippen LogP contribution in [0.25, 0.3) is 0 Å². The van der Waals surface area contributed by atoms with Crippen molar-refractivity contribution >= 4 is 0 Å². The Kier molecular flexibility index (Phi) is 5.38. The van der Waals surface area contributed by atoms with Crippen LogP contribution in [-0.4, -0.2) is 39.6 Å². The van der Waals surface area contributed by atoms with Crippen LogP contribution >= 0.6 is 0 Å². The first-order chi connectivity index (χ1) is 11.7. The van der Waals surface area contributed by atoms with Crippen LogP contribution in [-0.2, 0) is 22.3 Å². The molecule has 0 atom stereocenters. The summed E-state index contributed by atoms with van der Waals surface area (Å²) in [6.07, 6.45) is 1.62. The van der Waals surface area contributed by atoms with Gasteiger partial charge in [-0.25, -0.2) is 0 Å². The molecule has 1 fully saturated rings. The average molecular weight is 328 g/mol. The summed E-state index contributed by atoms with van der Waals surface area (Å²) >= 11 is 0. The zero-order chi connectivity index (χ0) is 16.8. The Morgan fingerprint density at radius 1 is 0.792 bits per heavy atom. The maximum absolute atomic E-state index is 6.20. The monoisotopic (exact) mass is 328 g/mol. The van der Waals surface area contributed by atoms with Crippen LogP contribution in [0.2, 0.25) is 0 Å². The van der Waals surface area contributed by atoms with E-state index in [9.17, 15) is 0 Å². The van der Waals surface area contributed by atoms with Gasteiger partial charge in [0.25, 0.3) is 0 Å². The van der Waals surface area contributed by atoms with Crippen molar-refractivity contribution in [3.63, 3.8) is 0 Å². The highest BCUT2D eigenvalue weighted by atomic mass is 16.6. The number of hydrogen-bond acceptors (Lipinski definition) is 4. The molecule has 4 heteroatoms. The summed E-state index contributed by atoms with van der Waals surface area (Å²) in [6.45, 7) is 1.89. The van der Waals surface area contributed by atoms with Crippen molar-refractivity contribution in [2.75, 3.05) is 34.0 Å². The van der Waals surface area contributed by atoms with E-state index in [0.29, 0.717) is 19.8 Å². The van der Waals surface area contributed by atoms with Crippen LogP contribution in [0.3, 0.4) is 0 Å². The molecule has 0 spiro atoms. The molecule has 128 valence electrons. The lowest BCUT2D eigenvalue weighted by Gasteiger charge is -2.37. The molecule has 1 aliphatic heterocycles. The van der Waals surface area contributed by atoms with Crippen molar-refractivity contribution in [1.82, 2.24) is 0 Å². The quantitative estimate of drug-likeness (QED) is 0.815. The lowest BCUT2D eigenvalue weighted by atomic mass is 9.87. The molecule has 1 saturated heterocycles. The summed E-state index contributed by atoms with van der Waals surface area (Å²) < 4.78 is 22.4. The largest absolute Gasteiger partial charge is 0.497 e. The first kappa shape index (κ1) is 16.8. The number of methoxy groups -OCH3 is 2. The minimum Gasteiger partial charge on any atom is -0.497 e. The Morgan fingerprint density at radius 2 is 1.29 bits per heavy atom. The van der Waals surface area contributed by atoms with Gasteiger partial charge >= 0.3 is 0 Å². The fourth-order valence-corrected chi connectivity index (χ4v) is 3.11. The molecule has 2 aromatic rings. The summed E-state index contributed by atoms with van der Waals surface area (Å²) in [5, 5.41) is 0. The molecule has 3 rings (SSSR count).